The van der Waals surface area contributed by atoms with Crippen molar-refractivity contribution in [2.75, 3.05) is 6.16 Å². The van der Waals surface area contributed by atoms with Gasteiger partial charge in [-0.15, -0.1) is 24.5 Å². The van der Waals surface area contributed by atoms with Crippen LogP contribution in [0.15, 0.2) is 0 Å². The molecule has 0 bridgehead atoms. The van der Waals surface area contributed by atoms with Crippen LogP contribution in [0.2, 0.25) is 0 Å². The molecule has 0 heterocycles. The van der Waals surface area contributed by atoms with Crippen LogP contribution in [-0.4, -0.2) is 6.16 Å². The Bertz CT molecular complexity index is 30.0. The molecule has 0 unspecified atom stereocenters. The van der Waals surface area contributed by atoms with E-state index < -0.39 is 0 Å². The maximum Gasteiger partial charge on any atom is 0.00563 e. The minimum absolute atomic E-state index is 0.212. The second-order valence-electron chi connectivity index (χ2n) is 1.10. The molecule has 0 saturated heterocycles. The lowest BCUT2D eigenvalue weighted by molar-refractivity contribution is 1.11. The quantitative estimate of drug-likeness (QED) is 0.427. The molecule has 6 heavy (non-hydrogen) atoms. The molecule has 0 saturated carbocycles. The average Bonchev–Trinajstić information content (AvgIpc) is 1.35. The Hall–Kier alpha value is 1.13. The second-order valence-corrected chi connectivity index (χ2v) is 6.13. The molecule has 0 aliphatic carbocycles. The van der Waals surface area contributed by atoms with Gasteiger partial charge in [-0.2, -0.15) is 0 Å². The zero-order valence-electron chi connectivity index (χ0n) is 3.76. The zero-order valence-corrected chi connectivity index (χ0v) is 6.44. The van der Waals surface area contributed by atoms with Gasteiger partial charge in [-0.25, -0.2) is 0 Å². The predicted molar refractivity (Wildman–Crippen MR) is 40.1 cm³/mol. The van der Waals surface area contributed by atoms with Crippen LogP contribution in [0, 0.1) is 0 Å². The summed E-state index contributed by atoms with van der Waals surface area (Å²) >= 11 is 8.21. The monoisotopic (exact) mass is 140 g/mol. The van der Waals surface area contributed by atoms with Crippen LogP contribution in [0.5, 0.6) is 0 Å². The largest absolute Gasteiger partial charge is 0.140 e. The molecule has 0 aromatic carbocycles. The lowest BCUT2D eigenvalue weighted by Gasteiger charge is -1.94. The molecule has 0 nitrogen and oxygen atoms in total. The zero-order chi connectivity index (χ0) is 4.99. The van der Waals surface area contributed by atoms with E-state index in [1.807, 2.05) is 0 Å². The summed E-state index contributed by atoms with van der Waals surface area (Å²) in [7, 11) is 0. The summed E-state index contributed by atoms with van der Waals surface area (Å²) in [4.78, 5) is 0. The van der Waals surface area contributed by atoms with Crippen molar-refractivity contribution in [3.63, 3.8) is 0 Å². The Morgan fingerprint density at radius 2 is 2.00 bits per heavy atom. The third-order valence-corrected chi connectivity index (χ3v) is 2.47. The SMILES string of the molecule is CCCP(S)S. The first-order valence-electron chi connectivity index (χ1n) is 1.92. The van der Waals surface area contributed by atoms with Gasteiger partial charge < -0.3 is 0 Å². The molecule has 3 heteroatoms. The van der Waals surface area contributed by atoms with Crippen molar-refractivity contribution in [2.24, 2.45) is 0 Å². The van der Waals surface area contributed by atoms with Crippen LogP contribution in [-0.2, 0) is 0 Å². The van der Waals surface area contributed by atoms with E-state index in [2.05, 4.69) is 31.4 Å². The highest BCUT2D eigenvalue weighted by molar-refractivity contribution is 8.78. The molecule has 0 aromatic heterocycles. The first kappa shape index (κ1) is 7.13. The third-order valence-electron chi connectivity index (χ3n) is 0.424. The summed E-state index contributed by atoms with van der Waals surface area (Å²) in [5, 5.41) is 0. The van der Waals surface area contributed by atoms with Gasteiger partial charge in [0.1, 0.15) is 0 Å². The summed E-state index contributed by atoms with van der Waals surface area (Å²) in [6.45, 7) is 2.14. The van der Waals surface area contributed by atoms with Gasteiger partial charge in [0, 0.05) is 6.33 Å². The number of thiol groups is 2. The van der Waals surface area contributed by atoms with Gasteiger partial charge in [0.05, 0.1) is 0 Å². The maximum atomic E-state index is 4.11. The van der Waals surface area contributed by atoms with Crippen molar-refractivity contribution < 1.29 is 0 Å². The average molecular weight is 140 g/mol. The number of rotatable bonds is 2. The van der Waals surface area contributed by atoms with Crippen molar-refractivity contribution in [3.8, 4) is 0 Å². The van der Waals surface area contributed by atoms with Gasteiger partial charge >= 0.3 is 0 Å². The lowest BCUT2D eigenvalue weighted by atomic mass is 10.6. The lowest BCUT2D eigenvalue weighted by Crippen LogP contribution is -1.64. The van der Waals surface area contributed by atoms with Crippen LogP contribution < -0.4 is 0 Å². The van der Waals surface area contributed by atoms with E-state index in [0.29, 0.717) is 0 Å². The van der Waals surface area contributed by atoms with Gasteiger partial charge in [0.2, 0.25) is 0 Å². The fourth-order valence-corrected chi connectivity index (χ4v) is 1.80. The minimum Gasteiger partial charge on any atom is -0.140 e. The smallest absolute Gasteiger partial charge is 0.00563 e. The van der Waals surface area contributed by atoms with Crippen molar-refractivity contribution >= 4 is 30.8 Å². The van der Waals surface area contributed by atoms with E-state index >= 15 is 0 Å². The van der Waals surface area contributed by atoms with E-state index in [0.717, 1.165) is 0 Å². The maximum absolute atomic E-state index is 4.11. The van der Waals surface area contributed by atoms with Crippen LogP contribution >= 0.6 is 30.8 Å². The Kier molecular flexibility index (Phi) is 5.10. The van der Waals surface area contributed by atoms with Gasteiger partial charge in [-0.3, -0.25) is 0 Å². The molecule has 0 radical (unpaired) electrons. The standard InChI is InChI=1S/C3H9PS2/c1-2-3-4(5)6/h5-6H,2-3H2,1H3. The molecule has 0 N–H and O–H groups in total. The molecule has 0 amide bonds. The van der Waals surface area contributed by atoms with Gasteiger partial charge in [0.15, 0.2) is 0 Å². The highest BCUT2D eigenvalue weighted by Crippen LogP contribution is 2.45. The number of hydrogen-bond acceptors (Lipinski definition) is 2. The number of hydrogen-bond donors (Lipinski definition) is 2. The Balaban J connectivity index is 2.63. The topological polar surface area (TPSA) is 0 Å². The fraction of sp³-hybridized carbons (Fsp3) is 1.00. The summed E-state index contributed by atoms with van der Waals surface area (Å²) < 4.78 is 0. The van der Waals surface area contributed by atoms with Crippen molar-refractivity contribution in [3.05, 3.63) is 0 Å². The molecule has 0 aliphatic heterocycles. The summed E-state index contributed by atoms with van der Waals surface area (Å²) in [6, 6.07) is 0. The molecule has 38 valence electrons. The molecule has 0 spiro atoms. The molecule has 0 atom stereocenters. The highest BCUT2D eigenvalue weighted by Gasteiger charge is 1.87. The van der Waals surface area contributed by atoms with Gasteiger partial charge in [-0.1, -0.05) is 13.3 Å². The Labute approximate surface area is 50.8 Å². The summed E-state index contributed by atoms with van der Waals surface area (Å²) in [5.74, 6) is 0. The first-order valence-corrected chi connectivity index (χ1v) is 5.76. The summed E-state index contributed by atoms with van der Waals surface area (Å²) in [5.41, 5.74) is 0. The van der Waals surface area contributed by atoms with E-state index in [9.17, 15) is 0 Å². The molecular formula is C3H9PS2. The molecule has 0 aliphatic rings. The fourth-order valence-electron chi connectivity index (χ4n) is 0.200. The van der Waals surface area contributed by atoms with Gasteiger partial charge in [-0.05, 0) is 6.16 Å². The van der Waals surface area contributed by atoms with Crippen LogP contribution in [0.1, 0.15) is 13.3 Å². The molecule has 0 fully saturated rings. The van der Waals surface area contributed by atoms with Crippen molar-refractivity contribution in [2.45, 2.75) is 13.3 Å². The normalized spacial score (nSPS) is 10.0. The van der Waals surface area contributed by atoms with Crippen molar-refractivity contribution in [1.29, 1.82) is 0 Å². The molecule has 0 rings (SSSR count). The summed E-state index contributed by atoms with van der Waals surface area (Å²) in [6.07, 6.45) is 2.16. The van der Waals surface area contributed by atoms with E-state index in [-0.39, 0.29) is 6.33 Å². The van der Waals surface area contributed by atoms with Crippen molar-refractivity contribution in [1.82, 2.24) is 0 Å². The van der Waals surface area contributed by atoms with Crippen LogP contribution in [0.25, 0.3) is 0 Å². The first-order chi connectivity index (χ1) is 2.77. The van der Waals surface area contributed by atoms with E-state index in [4.69, 9.17) is 0 Å². The highest BCUT2D eigenvalue weighted by atomic mass is 33.1. The third kappa shape index (κ3) is 5.13. The predicted octanol–water partition coefficient (Wildman–Crippen LogP) is 2.57. The molecular weight excluding hydrogens is 131 g/mol. The van der Waals surface area contributed by atoms with E-state index in [1.54, 1.807) is 0 Å². The minimum atomic E-state index is -0.212. The van der Waals surface area contributed by atoms with Crippen LogP contribution in [0.3, 0.4) is 0 Å². The molecule has 0 aromatic rings. The van der Waals surface area contributed by atoms with Gasteiger partial charge in [0.25, 0.3) is 0 Å². The Morgan fingerprint density at radius 3 is 2.00 bits per heavy atom. The van der Waals surface area contributed by atoms with E-state index in [1.165, 1.54) is 12.6 Å². The Morgan fingerprint density at radius 1 is 1.50 bits per heavy atom. The second kappa shape index (κ2) is 4.29. The van der Waals surface area contributed by atoms with Crippen LogP contribution in [0.4, 0.5) is 0 Å².